The van der Waals surface area contributed by atoms with Gasteiger partial charge in [0.15, 0.2) is 5.96 Å². The fourth-order valence-corrected chi connectivity index (χ4v) is 2.13. The maximum atomic E-state index is 5.52. The van der Waals surface area contributed by atoms with Crippen molar-refractivity contribution in [2.45, 2.75) is 32.6 Å². The standard InChI is InChI=1S/C17H33N5O2/c1-4-5-10-23-12-13-24-11-9-20-17(18-2)19-8-6-7-16-14-21-22(3)15-16/h14-15H,4-13H2,1-3H3,(H2,18,19,20). The summed E-state index contributed by atoms with van der Waals surface area (Å²) in [7, 11) is 3.71. The van der Waals surface area contributed by atoms with Crippen LogP contribution < -0.4 is 10.6 Å². The fraction of sp³-hybridized carbons (Fsp3) is 0.765. The molecular formula is C17H33N5O2. The summed E-state index contributed by atoms with van der Waals surface area (Å²) in [5.41, 5.74) is 1.26. The van der Waals surface area contributed by atoms with Gasteiger partial charge in [0.25, 0.3) is 0 Å². The second-order valence-corrected chi connectivity index (χ2v) is 5.63. The van der Waals surface area contributed by atoms with E-state index in [1.807, 2.05) is 17.9 Å². The van der Waals surface area contributed by atoms with E-state index in [1.54, 1.807) is 7.05 Å². The van der Waals surface area contributed by atoms with E-state index >= 15 is 0 Å². The van der Waals surface area contributed by atoms with Crippen LogP contribution in [0.2, 0.25) is 0 Å². The highest BCUT2D eigenvalue weighted by Gasteiger charge is 1.99. The molecule has 2 N–H and O–H groups in total. The first kappa shape index (κ1) is 20.4. The number of guanidine groups is 1. The predicted molar refractivity (Wildman–Crippen MR) is 97.4 cm³/mol. The molecule has 0 aliphatic heterocycles. The van der Waals surface area contributed by atoms with Crippen LogP contribution in [0.4, 0.5) is 0 Å². The number of hydrogen-bond donors (Lipinski definition) is 2. The van der Waals surface area contributed by atoms with Gasteiger partial charge in [0.1, 0.15) is 0 Å². The summed E-state index contributed by atoms with van der Waals surface area (Å²) >= 11 is 0. The zero-order valence-corrected chi connectivity index (χ0v) is 15.4. The van der Waals surface area contributed by atoms with Gasteiger partial charge in [-0.15, -0.1) is 0 Å². The summed E-state index contributed by atoms with van der Waals surface area (Å²) in [4.78, 5) is 4.20. The van der Waals surface area contributed by atoms with E-state index in [9.17, 15) is 0 Å². The van der Waals surface area contributed by atoms with Crippen molar-refractivity contribution in [2.75, 3.05) is 46.6 Å². The van der Waals surface area contributed by atoms with Crippen LogP contribution in [0, 0.1) is 0 Å². The van der Waals surface area contributed by atoms with Crippen molar-refractivity contribution < 1.29 is 9.47 Å². The van der Waals surface area contributed by atoms with Crippen LogP contribution in [0.15, 0.2) is 17.4 Å². The first-order valence-corrected chi connectivity index (χ1v) is 8.83. The topological polar surface area (TPSA) is 72.7 Å². The molecule has 0 aliphatic rings. The van der Waals surface area contributed by atoms with Gasteiger partial charge in [0.05, 0.1) is 26.0 Å². The summed E-state index contributed by atoms with van der Waals surface area (Å²) in [5, 5.41) is 10.7. The lowest BCUT2D eigenvalue weighted by molar-refractivity contribution is 0.0487. The Hall–Kier alpha value is -1.60. The number of nitrogens with zero attached hydrogens (tertiary/aromatic N) is 3. The van der Waals surface area contributed by atoms with Gasteiger partial charge in [-0.1, -0.05) is 13.3 Å². The van der Waals surface area contributed by atoms with E-state index in [-0.39, 0.29) is 0 Å². The number of aliphatic imine (C=N–C) groups is 1. The van der Waals surface area contributed by atoms with Crippen molar-refractivity contribution in [1.82, 2.24) is 20.4 Å². The van der Waals surface area contributed by atoms with Crippen LogP contribution in [-0.4, -0.2) is 62.3 Å². The molecule has 0 unspecified atom stereocenters. The van der Waals surface area contributed by atoms with E-state index in [4.69, 9.17) is 9.47 Å². The molecule has 1 rings (SSSR count). The Balaban J connectivity index is 1.95. The van der Waals surface area contributed by atoms with Gasteiger partial charge in [-0.25, -0.2) is 0 Å². The summed E-state index contributed by atoms with van der Waals surface area (Å²) < 4.78 is 12.8. The minimum Gasteiger partial charge on any atom is -0.379 e. The molecule has 7 nitrogen and oxygen atoms in total. The SMILES string of the molecule is CCCCOCCOCCNC(=NC)NCCCc1cnn(C)c1. The molecule has 0 bridgehead atoms. The third kappa shape index (κ3) is 10.2. The highest BCUT2D eigenvalue weighted by Crippen LogP contribution is 1.99. The number of ether oxygens (including phenoxy) is 2. The maximum absolute atomic E-state index is 5.52. The van der Waals surface area contributed by atoms with Crippen molar-refractivity contribution >= 4 is 5.96 Å². The number of hydrogen-bond acceptors (Lipinski definition) is 4. The molecule has 0 saturated heterocycles. The van der Waals surface area contributed by atoms with Crippen molar-refractivity contribution in [3.8, 4) is 0 Å². The third-order valence-electron chi connectivity index (χ3n) is 3.47. The summed E-state index contributed by atoms with van der Waals surface area (Å²) in [6.07, 6.45) is 8.30. The van der Waals surface area contributed by atoms with Crippen LogP contribution in [0.25, 0.3) is 0 Å². The number of aryl methyl sites for hydroxylation is 2. The molecule has 1 heterocycles. The van der Waals surface area contributed by atoms with Gasteiger partial charge in [-0.3, -0.25) is 9.67 Å². The first-order valence-electron chi connectivity index (χ1n) is 8.83. The molecule has 0 aromatic carbocycles. The van der Waals surface area contributed by atoms with E-state index in [0.29, 0.717) is 19.8 Å². The van der Waals surface area contributed by atoms with Gasteiger partial charge in [-0.2, -0.15) is 5.10 Å². The van der Waals surface area contributed by atoms with Crippen LogP contribution in [0.3, 0.4) is 0 Å². The molecule has 0 fully saturated rings. The molecule has 0 saturated carbocycles. The first-order chi connectivity index (χ1) is 11.8. The van der Waals surface area contributed by atoms with E-state index in [0.717, 1.165) is 44.9 Å². The number of rotatable bonds is 13. The fourth-order valence-electron chi connectivity index (χ4n) is 2.13. The van der Waals surface area contributed by atoms with Gasteiger partial charge >= 0.3 is 0 Å². The number of nitrogens with one attached hydrogen (secondary N) is 2. The summed E-state index contributed by atoms with van der Waals surface area (Å²) in [6, 6.07) is 0. The lowest BCUT2D eigenvalue weighted by Crippen LogP contribution is -2.39. The van der Waals surface area contributed by atoms with Crippen molar-refractivity contribution in [1.29, 1.82) is 0 Å². The van der Waals surface area contributed by atoms with Gasteiger partial charge in [0.2, 0.25) is 0 Å². The average Bonchev–Trinajstić information content (AvgIpc) is 3.00. The molecule has 0 amide bonds. The van der Waals surface area contributed by atoms with E-state index in [2.05, 4.69) is 33.8 Å². The van der Waals surface area contributed by atoms with Crippen LogP contribution >= 0.6 is 0 Å². The zero-order chi connectivity index (χ0) is 17.5. The highest BCUT2D eigenvalue weighted by atomic mass is 16.5. The molecule has 7 heteroatoms. The minimum atomic E-state index is 0.641. The Bertz CT molecular complexity index is 448. The predicted octanol–water partition coefficient (Wildman–Crippen LogP) is 1.35. The largest absolute Gasteiger partial charge is 0.379 e. The van der Waals surface area contributed by atoms with Crippen LogP contribution in [0.5, 0.6) is 0 Å². The molecule has 0 radical (unpaired) electrons. The molecule has 1 aromatic heterocycles. The maximum Gasteiger partial charge on any atom is 0.191 e. The van der Waals surface area contributed by atoms with Gasteiger partial charge < -0.3 is 20.1 Å². The third-order valence-corrected chi connectivity index (χ3v) is 3.47. The lowest BCUT2D eigenvalue weighted by atomic mass is 10.2. The highest BCUT2D eigenvalue weighted by molar-refractivity contribution is 5.79. The molecule has 0 atom stereocenters. The second-order valence-electron chi connectivity index (χ2n) is 5.63. The minimum absolute atomic E-state index is 0.641. The van der Waals surface area contributed by atoms with Crippen molar-refractivity contribution in [3.63, 3.8) is 0 Å². The molecule has 0 spiro atoms. The summed E-state index contributed by atoms with van der Waals surface area (Å²) in [5.74, 6) is 0.809. The normalized spacial score (nSPS) is 11.7. The smallest absolute Gasteiger partial charge is 0.191 e. The van der Waals surface area contributed by atoms with Crippen LogP contribution in [0.1, 0.15) is 31.7 Å². The Morgan fingerprint density at radius 2 is 1.88 bits per heavy atom. The van der Waals surface area contributed by atoms with Crippen molar-refractivity contribution in [3.05, 3.63) is 18.0 Å². The van der Waals surface area contributed by atoms with Crippen molar-refractivity contribution in [2.24, 2.45) is 12.0 Å². The Morgan fingerprint density at radius 3 is 2.54 bits per heavy atom. The molecule has 1 aromatic rings. The Labute approximate surface area is 145 Å². The van der Waals surface area contributed by atoms with Gasteiger partial charge in [-0.05, 0) is 24.8 Å². The number of aromatic nitrogens is 2. The van der Waals surface area contributed by atoms with Crippen LogP contribution in [-0.2, 0) is 22.9 Å². The molecular weight excluding hydrogens is 306 g/mol. The Kier molecular flexibility index (Phi) is 11.8. The summed E-state index contributed by atoms with van der Waals surface area (Å²) in [6.45, 7) is 6.55. The monoisotopic (exact) mass is 339 g/mol. The average molecular weight is 339 g/mol. The lowest BCUT2D eigenvalue weighted by Gasteiger charge is -2.12. The Morgan fingerprint density at radius 1 is 1.12 bits per heavy atom. The second kappa shape index (κ2) is 13.8. The zero-order valence-electron chi connectivity index (χ0n) is 15.4. The number of unbranched alkanes of at least 4 members (excludes halogenated alkanes) is 1. The van der Waals surface area contributed by atoms with E-state index < -0.39 is 0 Å². The van der Waals surface area contributed by atoms with E-state index in [1.165, 1.54) is 12.0 Å². The molecule has 24 heavy (non-hydrogen) atoms. The molecule has 138 valence electrons. The molecule has 0 aliphatic carbocycles. The van der Waals surface area contributed by atoms with Gasteiger partial charge in [0, 0.05) is 40.0 Å². The quantitative estimate of drug-likeness (QED) is 0.322.